The van der Waals surface area contributed by atoms with Gasteiger partial charge in [0.25, 0.3) is 0 Å². The summed E-state index contributed by atoms with van der Waals surface area (Å²) in [4.78, 5) is 26.0. The molecule has 22 heavy (non-hydrogen) atoms. The molecule has 1 saturated carbocycles. The summed E-state index contributed by atoms with van der Waals surface area (Å²) in [6.07, 6.45) is 5.79. The van der Waals surface area contributed by atoms with Gasteiger partial charge in [0.15, 0.2) is 0 Å². The van der Waals surface area contributed by atoms with E-state index in [4.69, 9.17) is 0 Å². The summed E-state index contributed by atoms with van der Waals surface area (Å²) >= 11 is 0. The van der Waals surface area contributed by atoms with E-state index in [1.807, 2.05) is 4.90 Å². The van der Waals surface area contributed by atoms with Gasteiger partial charge in [0, 0.05) is 39.1 Å². The Morgan fingerprint density at radius 1 is 1.36 bits per heavy atom. The third-order valence-electron chi connectivity index (χ3n) is 4.59. The smallest absolute Gasteiger partial charge is 0.225 e. The highest BCUT2D eigenvalue weighted by molar-refractivity contribution is 7.88. The first kappa shape index (κ1) is 17.2. The van der Waals surface area contributed by atoms with E-state index in [-0.39, 0.29) is 37.2 Å². The minimum Gasteiger partial charge on any atom is -0.354 e. The topological polar surface area (TPSA) is 86.8 Å². The maximum absolute atomic E-state index is 12.1. The second kappa shape index (κ2) is 6.95. The van der Waals surface area contributed by atoms with Crippen LogP contribution >= 0.6 is 0 Å². The lowest BCUT2D eigenvalue weighted by Crippen LogP contribution is -2.39. The molecule has 0 unspecified atom stereocenters. The number of nitrogens with one attached hydrogen (secondary N) is 1. The predicted molar refractivity (Wildman–Crippen MR) is 82.6 cm³/mol. The fourth-order valence-electron chi connectivity index (χ4n) is 3.12. The molecule has 0 radical (unpaired) electrons. The van der Waals surface area contributed by atoms with Crippen molar-refractivity contribution in [1.29, 1.82) is 0 Å². The fourth-order valence-corrected chi connectivity index (χ4v) is 3.55. The molecule has 1 aliphatic heterocycles. The summed E-state index contributed by atoms with van der Waals surface area (Å²) in [5.41, 5.74) is 0. The van der Waals surface area contributed by atoms with Gasteiger partial charge in [0.2, 0.25) is 21.8 Å². The van der Waals surface area contributed by atoms with Crippen LogP contribution in [0.1, 0.15) is 32.1 Å². The predicted octanol–water partition coefficient (Wildman–Crippen LogP) is -0.215. The van der Waals surface area contributed by atoms with Crippen LogP contribution in [0.15, 0.2) is 0 Å². The molecule has 1 atom stereocenters. The molecule has 1 heterocycles. The molecule has 2 aliphatic rings. The average Bonchev–Trinajstić information content (AvgIpc) is 3.06. The van der Waals surface area contributed by atoms with Crippen molar-refractivity contribution in [2.75, 3.05) is 32.9 Å². The Kier molecular flexibility index (Phi) is 5.44. The molecular formula is C14H25N3O4S. The van der Waals surface area contributed by atoms with Gasteiger partial charge in [-0.05, 0) is 12.8 Å². The Hall–Kier alpha value is -1.15. The van der Waals surface area contributed by atoms with Crippen molar-refractivity contribution in [3.8, 4) is 0 Å². The Labute approximate surface area is 132 Å². The van der Waals surface area contributed by atoms with Gasteiger partial charge in [-0.3, -0.25) is 9.59 Å². The molecular weight excluding hydrogens is 306 g/mol. The number of sulfonamides is 1. The van der Waals surface area contributed by atoms with Crippen LogP contribution in [-0.2, 0) is 19.6 Å². The maximum atomic E-state index is 12.1. The van der Waals surface area contributed by atoms with Crippen LogP contribution < -0.4 is 5.32 Å². The van der Waals surface area contributed by atoms with E-state index in [0.29, 0.717) is 12.6 Å². The number of hydrogen-bond donors (Lipinski definition) is 1. The van der Waals surface area contributed by atoms with Crippen LogP contribution in [0.2, 0.25) is 0 Å². The van der Waals surface area contributed by atoms with Crippen molar-refractivity contribution in [1.82, 2.24) is 14.5 Å². The number of likely N-dealkylation sites (tertiary alicyclic amines) is 1. The molecule has 1 N–H and O–H groups in total. The van der Waals surface area contributed by atoms with Crippen LogP contribution in [0.3, 0.4) is 0 Å². The van der Waals surface area contributed by atoms with Gasteiger partial charge >= 0.3 is 0 Å². The Bertz CT molecular complexity index is 528. The van der Waals surface area contributed by atoms with Crippen molar-refractivity contribution in [3.05, 3.63) is 0 Å². The normalized spacial score (nSPS) is 23.5. The number of carbonyl (C=O) groups excluding carboxylic acids is 2. The second-order valence-electron chi connectivity index (χ2n) is 6.26. The molecule has 7 nitrogen and oxygen atoms in total. The molecule has 0 aromatic carbocycles. The highest BCUT2D eigenvalue weighted by Gasteiger charge is 2.38. The van der Waals surface area contributed by atoms with Crippen molar-refractivity contribution in [2.45, 2.75) is 38.1 Å². The molecule has 2 amide bonds. The summed E-state index contributed by atoms with van der Waals surface area (Å²) in [6.45, 7) is 0.991. The van der Waals surface area contributed by atoms with Crippen LogP contribution in [0, 0.1) is 5.92 Å². The summed E-state index contributed by atoms with van der Waals surface area (Å²) in [5.74, 6) is -0.396. The van der Waals surface area contributed by atoms with Gasteiger partial charge in [0.1, 0.15) is 0 Å². The van der Waals surface area contributed by atoms with Crippen molar-refractivity contribution >= 4 is 21.8 Å². The summed E-state index contributed by atoms with van der Waals surface area (Å²) in [5, 5.41) is 2.74. The van der Waals surface area contributed by atoms with Gasteiger partial charge in [-0.25, -0.2) is 12.7 Å². The second-order valence-corrected chi connectivity index (χ2v) is 8.35. The SMILES string of the molecule is CN(CCNC(=O)[C@@H]1CC(=O)N(C2CCCC2)C1)S(C)(=O)=O. The zero-order chi connectivity index (χ0) is 16.3. The molecule has 0 bridgehead atoms. The van der Waals surface area contributed by atoms with E-state index in [9.17, 15) is 18.0 Å². The van der Waals surface area contributed by atoms with Gasteiger partial charge in [0.05, 0.1) is 12.2 Å². The fraction of sp³-hybridized carbons (Fsp3) is 0.857. The van der Waals surface area contributed by atoms with E-state index in [2.05, 4.69) is 5.32 Å². The lowest BCUT2D eigenvalue weighted by molar-refractivity contribution is -0.130. The van der Waals surface area contributed by atoms with E-state index in [1.165, 1.54) is 11.4 Å². The van der Waals surface area contributed by atoms with E-state index in [1.54, 1.807) is 0 Å². The molecule has 1 saturated heterocycles. The number of carbonyl (C=O) groups is 2. The van der Waals surface area contributed by atoms with Crippen LogP contribution in [0.25, 0.3) is 0 Å². The third kappa shape index (κ3) is 4.19. The molecule has 2 rings (SSSR count). The highest BCUT2D eigenvalue weighted by atomic mass is 32.2. The minimum absolute atomic E-state index is 0.0697. The van der Waals surface area contributed by atoms with E-state index >= 15 is 0 Å². The van der Waals surface area contributed by atoms with Crippen LogP contribution in [0.4, 0.5) is 0 Å². The highest BCUT2D eigenvalue weighted by Crippen LogP contribution is 2.29. The van der Waals surface area contributed by atoms with Crippen molar-refractivity contribution < 1.29 is 18.0 Å². The number of nitrogens with zero attached hydrogens (tertiary/aromatic N) is 2. The molecule has 2 fully saturated rings. The third-order valence-corrected chi connectivity index (χ3v) is 5.90. The zero-order valence-electron chi connectivity index (χ0n) is 13.2. The largest absolute Gasteiger partial charge is 0.354 e. The van der Waals surface area contributed by atoms with Crippen molar-refractivity contribution in [2.24, 2.45) is 5.92 Å². The van der Waals surface area contributed by atoms with Crippen LogP contribution in [-0.4, -0.2) is 68.4 Å². The lowest BCUT2D eigenvalue weighted by Gasteiger charge is -2.24. The number of amides is 2. The van der Waals surface area contributed by atoms with E-state index in [0.717, 1.165) is 31.9 Å². The van der Waals surface area contributed by atoms with Gasteiger partial charge in [-0.2, -0.15) is 0 Å². The first-order valence-electron chi connectivity index (χ1n) is 7.77. The molecule has 0 spiro atoms. The molecule has 8 heteroatoms. The average molecular weight is 331 g/mol. The summed E-state index contributed by atoms with van der Waals surface area (Å²) in [7, 11) is -1.75. The first-order chi connectivity index (χ1) is 10.3. The summed E-state index contributed by atoms with van der Waals surface area (Å²) < 4.78 is 23.7. The monoisotopic (exact) mass is 331 g/mol. The molecule has 0 aromatic rings. The van der Waals surface area contributed by atoms with Crippen LogP contribution in [0.5, 0.6) is 0 Å². The van der Waals surface area contributed by atoms with Gasteiger partial charge in [-0.15, -0.1) is 0 Å². The number of hydrogen-bond acceptors (Lipinski definition) is 4. The Morgan fingerprint density at radius 2 is 2.00 bits per heavy atom. The molecule has 0 aromatic heterocycles. The summed E-state index contributed by atoms with van der Waals surface area (Å²) in [6, 6.07) is 0.307. The van der Waals surface area contributed by atoms with E-state index < -0.39 is 10.0 Å². The van der Waals surface area contributed by atoms with Gasteiger partial charge < -0.3 is 10.2 Å². The quantitative estimate of drug-likeness (QED) is 0.729. The molecule has 1 aliphatic carbocycles. The van der Waals surface area contributed by atoms with Crippen molar-refractivity contribution in [3.63, 3.8) is 0 Å². The maximum Gasteiger partial charge on any atom is 0.225 e. The zero-order valence-corrected chi connectivity index (χ0v) is 14.1. The minimum atomic E-state index is -3.23. The Balaban J connectivity index is 1.78. The van der Waals surface area contributed by atoms with Gasteiger partial charge in [-0.1, -0.05) is 12.8 Å². The number of likely N-dealkylation sites (N-methyl/N-ethyl adjacent to an activating group) is 1. The standard InChI is InChI=1S/C14H25N3O4S/c1-16(22(2,20)21)8-7-15-14(19)11-9-13(18)17(10-11)12-5-3-4-6-12/h11-12H,3-10H2,1-2H3,(H,15,19)/t11-/m1/s1. The first-order valence-corrected chi connectivity index (χ1v) is 9.62. The number of rotatable bonds is 6. The Morgan fingerprint density at radius 3 is 2.59 bits per heavy atom. The molecule has 126 valence electrons. The lowest BCUT2D eigenvalue weighted by atomic mass is 10.1.